The van der Waals surface area contributed by atoms with Crippen molar-refractivity contribution >= 4 is 27.6 Å². The maximum absolute atomic E-state index is 12.8. The molecule has 0 radical (unpaired) electrons. The van der Waals surface area contributed by atoms with Crippen LogP contribution in [0, 0.1) is 0 Å². The molecule has 9 aromatic carbocycles. The molecule has 58 heavy (non-hydrogen) atoms. The van der Waals surface area contributed by atoms with Crippen molar-refractivity contribution in [3.05, 3.63) is 225 Å². The minimum atomic E-state index is 0.103. The summed E-state index contributed by atoms with van der Waals surface area (Å²) < 4.78 is 0. The molecular weight excluding hydrogens is 705 g/mol. The number of phenols is 2. The topological polar surface area (TPSA) is 40.5 Å². The number of fused-ring (bicyclic) bond motifs is 2. The lowest BCUT2D eigenvalue weighted by molar-refractivity contribution is 0.472. The van der Waals surface area contributed by atoms with Gasteiger partial charge in [-0.1, -0.05) is 176 Å². The minimum absolute atomic E-state index is 0.103. The SMILES string of the molecule is C=C/C=C/C=C/c1cc(-c2ccccc2)cc(-c2cc3ccccc3c(-c3c(O)c(-c4cc(-c5ccccc5)cc(-c5ccccc5)c4)cc4ccccc34)c2O)c1. The Morgan fingerprint density at radius 2 is 0.724 bits per heavy atom. The molecule has 2 heteroatoms. The normalized spacial score (nSPS) is 11.5. The average molecular weight is 745 g/mol. The van der Waals surface area contributed by atoms with E-state index in [1.54, 1.807) is 6.08 Å². The van der Waals surface area contributed by atoms with Crippen molar-refractivity contribution in [1.82, 2.24) is 0 Å². The first-order chi connectivity index (χ1) is 28.6. The lowest BCUT2D eigenvalue weighted by Crippen LogP contribution is -1.93. The highest BCUT2D eigenvalue weighted by atomic mass is 16.3. The summed E-state index contributed by atoms with van der Waals surface area (Å²) in [7, 11) is 0. The van der Waals surface area contributed by atoms with Crippen LogP contribution >= 0.6 is 0 Å². The van der Waals surface area contributed by atoms with Gasteiger partial charge in [-0.3, -0.25) is 0 Å². The number of hydrogen-bond donors (Lipinski definition) is 2. The van der Waals surface area contributed by atoms with Gasteiger partial charge in [0.05, 0.1) is 0 Å². The second kappa shape index (κ2) is 15.8. The smallest absolute Gasteiger partial charge is 0.132 e. The van der Waals surface area contributed by atoms with Gasteiger partial charge in [0.15, 0.2) is 0 Å². The van der Waals surface area contributed by atoms with Crippen LogP contribution < -0.4 is 0 Å². The van der Waals surface area contributed by atoms with Gasteiger partial charge < -0.3 is 10.2 Å². The molecule has 0 unspecified atom stereocenters. The molecule has 0 bridgehead atoms. The zero-order chi connectivity index (χ0) is 39.4. The van der Waals surface area contributed by atoms with E-state index in [2.05, 4.69) is 110 Å². The number of allylic oxidation sites excluding steroid dienone is 4. The highest BCUT2D eigenvalue weighted by Gasteiger charge is 2.24. The van der Waals surface area contributed by atoms with Crippen molar-refractivity contribution in [1.29, 1.82) is 0 Å². The fraction of sp³-hybridized carbons (Fsp3) is 0. The van der Waals surface area contributed by atoms with E-state index in [1.165, 1.54) is 0 Å². The Kier molecular flexibility index (Phi) is 9.82. The summed E-state index contributed by atoms with van der Waals surface area (Å²) in [5.41, 5.74) is 11.6. The lowest BCUT2D eigenvalue weighted by atomic mass is 9.85. The predicted octanol–water partition coefficient (Wildman–Crippen LogP) is 15.2. The molecule has 0 aliphatic heterocycles. The maximum atomic E-state index is 12.8. The van der Waals surface area contributed by atoms with E-state index in [0.29, 0.717) is 22.3 Å². The zero-order valence-electron chi connectivity index (χ0n) is 31.9. The van der Waals surface area contributed by atoms with Crippen molar-refractivity contribution in [3.63, 3.8) is 0 Å². The Morgan fingerprint density at radius 3 is 1.19 bits per heavy atom. The van der Waals surface area contributed by atoms with Crippen LogP contribution in [0.3, 0.4) is 0 Å². The molecule has 0 fully saturated rings. The van der Waals surface area contributed by atoms with Crippen LogP contribution in [0.5, 0.6) is 11.5 Å². The van der Waals surface area contributed by atoms with Gasteiger partial charge in [-0.25, -0.2) is 0 Å². The number of phenolic OH excluding ortho intramolecular Hbond substituents is 2. The Bertz CT molecular complexity index is 2950. The van der Waals surface area contributed by atoms with Crippen LogP contribution in [0.25, 0.3) is 94.4 Å². The van der Waals surface area contributed by atoms with Crippen LogP contribution in [0.15, 0.2) is 219 Å². The lowest BCUT2D eigenvalue weighted by Gasteiger charge is -2.20. The summed E-state index contributed by atoms with van der Waals surface area (Å²) in [4.78, 5) is 0. The Morgan fingerprint density at radius 1 is 0.345 bits per heavy atom. The van der Waals surface area contributed by atoms with Crippen molar-refractivity contribution in [3.8, 4) is 78.3 Å². The standard InChI is InChI=1S/C56H40O2/c1-2-3-4-8-19-38-30-44(39-20-9-5-10-21-39)33-47(31-38)51-36-42-26-15-17-28-49(42)53(55(51)57)54-50-29-18-16-27-43(50)37-52(56(54)58)48-34-45(40-22-11-6-12-23-40)32-46(35-48)41-24-13-7-14-25-41/h2-37,57-58H,1H2/b4-3+,19-8+. The van der Waals surface area contributed by atoms with Crippen LogP contribution in [0.1, 0.15) is 5.56 Å². The number of hydrogen-bond acceptors (Lipinski definition) is 2. The largest absolute Gasteiger partial charge is 0.507 e. The number of aromatic hydroxyl groups is 2. The van der Waals surface area contributed by atoms with E-state index in [9.17, 15) is 10.2 Å². The summed E-state index contributed by atoms with van der Waals surface area (Å²) in [6.45, 7) is 3.79. The first-order valence-corrected chi connectivity index (χ1v) is 19.5. The third-order valence-corrected chi connectivity index (χ3v) is 10.8. The Balaban J connectivity index is 1.32. The fourth-order valence-electron chi connectivity index (χ4n) is 8.01. The van der Waals surface area contributed by atoms with E-state index < -0.39 is 0 Å². The summed E-state index contributed by atoms with van der Waals surface area (Å²) in [5.74, 6) is 0.210. The van der Waals surface area contributed by atoms with Crippen LogP contribution in [0.2, 0.25) is 0 Å². The molecule has 0 heterocycles. The third-order valence-electron chi connectivity index (χ3n) is 10.8. The molecule has 0 aliphatic carbocycles. The average Bonchev–Trinajstić information content (AvgIpc) is 3.28. The summed E-state index contributed by atoms with van der Waals surface area (Å²) in [5, 5.41) is 29.2. The number of benzene rings is 9. The second-order valence-electron chi connectivity index (χ2n) is 14.5. The molecule has 0 spiro atoms. The zero-order valence-corrected chi connectivity index (χ0v) is 31.9. The molecular formula is C56H40O2. The van der Waals surface area contributed by atoms with Gasteiger partial charge in [0.1, 0.15) is 11.5 Å². The van der Waals surface area contributed by atoms with Gasteiger partial charge in [0.2, 0.25) is 0 Å². The molecule has 276 valence electrons. The predicted molar refractivity (Wildman–Crippen MR) is 246 cm³/mol. The van der Waals surface area contributed by atoms with Gasteiger partial charge in [-0.05, 0) is 120 Å². The highest BCUT2D eigenvalue weighted by molar-refractivity contribution is 6.14. The Labute approximate surface area is 339 Å². The van der Waals surface area contributed by atoms with Crippen molar-refractivity contribution in [2.75, 3.05) is 0 Å². The Hall–Kier alpha value is -7.68. The molecule has 0 amide bonds. The van der Waals surface area contributed by atoms with Gasteiger partial charge in [-0.2, -0.15) is 0 Å². The van der Waals surface area contributed by atoms with Gasteiger partial charge in [0, 0.05) is 22.3 Å². The molecule has 0 saturated heterocycles. The van der Waals surface area contributed by atoms with E-state index in [-0.39, 0.29) is 11.5 Å². The quantitative estimate of drug-likeness (QED) is 0.145. The summed E-state index contributed by atoms with van der Waals surface area (Å²) in [6.07, 6.45) is 9.65. The van der Waals surface area contributed by atoms with Crippen LogP contribution in [-0.2, 0) is 0 Å². The first kappa shape index (κ1) is 36.0. The van der Waals surface area contributed by atoms with E-state index in [1.807, 2.05) is 109 Å². The number of rotatable bonds is 9. The molecule has 9 rings (SSSR count). The van der Waals surface area contributed by atoms with Gasteiger partial charge in [0.25, 0.3) is 0 Å². The maximum Gasteiger partial charge on any atom is 0.132 e. The van der Waals surface area contributed by atoms with E-state index in [0.717, 1.165) is 71.6 Å². The van der Waals surface area contributed by atoms with E-state index in [4.69, 9.17) is 0 Å². The van der Waals surface area contributed by atoms with Gasteiger partial charge >= 0.3 is 0 Å². The minimum Gasteiger partial charge on any atom is -0.507 e. The molecule has 9 aromatic rings. The molecule has 2 nitrogen and oxygen atoms in total. The monoisotopic (exact) mass is 744 g/mol. The first-order valence-electron chi connectivity index (χ1n) is 19.5. The third kappa shape index (κ3) is 7.00. The summed E-state index contributed by atoms with van der Waals surface area (Å²) in [6, 6.07) is 64.2. The van der Waals surface area contributed by atoms with Gasteiger partial charge in [-0.15, -0.1) is 0 Å². The van der Waals surface area contributed by atoms with E-state index >= 15 is 0 Å². The fourth-order valence-corrected chi connectivity index (χ4v) is 8.01. The molecule has 0 saturated carbocycles. The molecule has 2 N–H and O–H groups in total. The van der Waals surface area contributed by atoms with Crippen LogP contribution in [0.4, 0.5) is 0 Å². The summed E-state index contributed by atoms with van der Waals surface area (Å²) >= 11 is 0. The molecule has 0 aliphatic rings. The van der Waals surface area contributed by atoms with Crippen molar-refractivity contribution in [2.24, 2.45) is 0 Å². The van der Waals surface area contributed by atoms with Crippen molar-refractivity contribution < 1.29 is 10.2 Å². The van der Waals surface area contributed by atoms with Crippen LogP contribution in [-0.4, -0.2) is 10.2 Å². The molecule has 0 aromatic heterocycles. The van der Waals surface area contributed by atoms with Crippen molar-refractivity contribution in [2.45, 2.75) is 0 Å². The molecule has 0 atom stereocenters. The highest BCUT2D eigenvalue weighted by Crippen LogP contribution is 2.52. The second-order valence-corrected chi connectivity index (χ2v) is 14.5.